The number of carbonyl (C=O) groups excluding carboxylic acids is 1. The van der Waals surface area contributed by atoms with E-state index in [0.717, 1.165) is 35.6 Å². The van der Waals surface area contributed by atoms with Gasteiger partial charge in [-0.3, -0.25) is 4.79 Å². The van der Waals surface area contributed by atoms with E-state index in [2.05, 4.69) is 5.32 Å². The molecule has 0 atom stereocenters. The number of ether oxygens (including phenoxy) is 2. The van der Waals surface area contributed by atoms with Crippen LogP contribution in [0.25, 0.3) is 0 Å². The van der Waals surface area contributed by atoms with Crippen molar-refractivity contribution in [2.45, 2.75) is 12.8 Å². The topological polar surface area (TPSA) is 50.8 Å². The average molecular weight is 340 g/mol. The van der Waals surface area contributed by atoms with Crippen LogP contribution in [0.1, 0.15) is 22.3 Å². The van der Waals surface area contributed by atoms with E-state index in [1.807, 2.05) is 61.5 Å². The summed E-state index contributed by atoms with van der Waals surface area (Å²) < 4.78 is 11.3. The summed E-state index contributed by atoms with van der Waals surface area (Å²) in [5.74, 6) is 1.53. The van der Waals surface area contributed by atoms with Gasteiger partial charge in [-0.1, -0.05) is 6.07 Å². The molecule has 5 nitrogen and oxygen atoms in total. The first-order valence-electron chi connectivity index (χ1n) is 8.57. The molecule has 5 heteroatoms. The van der Waals surface area contributed by atoms with Crippen LogP contribution in [0.4, 0.5) is 5.69 Å². The Bertz CT molecular complexity index is 726. The molecule has 0 aromatic heterocycles. The summed E-state index contributed by atoms with van der Waals surface area (Å²) in [6.07, 6.45) is 1.64. The molecule has 2 aromatic rings. The summed E-state index contributed by atoms with van der Waals surface area (Å²) in [6.45, 7) is 1.94. The first kappa shape index (κ1) is 17.1. The molecule has 1 amide bonds. The number of carbonyl (C=O) groups is 1. The van der Waals surface area contributed by atoms with Crippen LogP contribution in [0.3, 0.4) is 0 Å². The third-order valence-electron chi connectivity index (χ3n) is 4.16. The van der Waals surface area contributed by atoms with Gasteiger partial charge in [0.15, 0.2) is 11.5 Å². The fraction of sp³-hybridized carbons (Fsp3) is 0.350. The molecule has 1 N–H and O–H groups in total. The van der Waals surface area contributed by atoms with Crippen LogP contribution in [-0.4, -0.2) is 39.8 Å². The summed E-state index contributed by atoms with van der Waals surface area (Å²) in [4.78, 5) is 14.2. The van der Waals surface area contributed by atoms with Crippen LogP contribution in [0.5, 0.6) is 11.5 Å². The lowest BCUT2D eigenvalue weighted by Gasteiger charge is -2.13. The second kappa shape index (κ2) is 7.92. The molecule has 3 rings (SSSR count). The van der Waals surface area contributed by atoms with Crippen molar-refractivity contribution in [2.24, 2.45) is 0 Å². The Morgan fingerprint density at radius 2 is 1.76 bits per heavy atom. The lowest BCUT2D eigenvalue weighted by molar-refractivity contribution is 0.0954. The number of amides is 1. The maximum Gasteiger partial charge on any atom is 0.251 e. The van der Waals surface area contributed by atoms with Gasteiger partial charge in [-0.15, -0.1) is 0 Å². The highest BCUT2D eigenvalue weighted by atomic mass is 16.5. The minimum Gasteiger partial charge on any atom is -0.490 e. The second-order valence-electron chi connectivity index (χ2n) is 6.28. The molecule has 1 aliphatic heterocycles. The molecule has 1 heterocycles. The molecule has 0 unspecified atom stereocenters. The third kappa shape index (κ3) is 4.44. The maximum absolute atomic E-state index is 12.2. The Hall–Kier alpha value is -2.69. The predicted octanol–water partition coefficient (Wildman–Crippen LogP) is 2.89. The predicted molar refractivity (Wildman–Crippen MR) is 98.9 cm³/mol. The van der Waals surface area contributed by atoms with E-state index in [4.69, 9.17) is 9.47 Å². The van der Waals surface area contributed by atoms with E-state index in [9.17, 15) is 4.79 Å². The Labute approximate surface area is 148 Å². The Morgan fingerprint density at radius 1 is 1.04 bits per heavy atom. The fourth-order valence-corrected chi connectivity index (χ4v) is 2.70. The second-order valence-corrected chi connectivity index (χ2v) is 6.28. The first-order valence-corrected chi connectivity index (χ1v) is 8.57. The molecule has 0 aliphatic carbocycles. The van der Waals surface area contributed by atoms with Crippen LogP contribution >= 0.6 is 0 Å². The van der Waals surface area contributed by atoms with Crippen molar-refractivity contribution in [3.63, 3.8) is 0 Å². The molecule has 1 aliphatic rings. The summed E-state index contributed by atoms with van der Waals surface area (Å²) >= 11 is 0. The summed E-state index contributed by atoms with van der Waals surface area (Å²) in [6, 6.07) is 13.5. The fourth-order valence-electron chi connectivity index (χ4n) is 2.70. The van der Waals surface area contributed by atoms with Crippen LogP contribution in [0.15, 0.2) is 42.5 Å². The van der Waals surface area contributed by atoms with Crippen molar-refractivity contribution >= 4 is 11.6 Å². The zero-order valence-electron chi connectivity index (χ0n) is 14.7. The highest BCUT2D eigenvalue weighted by molar-refractivity contribution is 5.94. The van der Waals surface area contributed by atoms with Gasteiger partial charge in [0.25, 0.3) is 5.91 Å². The lowest BCUT2D eigenvalue weighted by Crippen LogP contribution is -2.25. The molecule has 0 spiro atoms. The molecule has 0 fully saturated rings. The van der Waals surface area contributed by atoms with Gasteiger partial charge in [0.05, 0.1) is 13.2 Å². The van der Waals surface area contributed by atoms with E-state index >= 15 is 0 Å². The largest absolute Gasteiger partial charge is 0.490 e. The molecular formula is C20H24N2O3. The van der Waals surface area contributed by atoms with Gasteiger partial charge in [-0.2, -0.15) is 0 Å². The van der Waals surface area contributed by atoms with E-state index in [1.165, 1.54) is 0 Å². The number of anilines is 1. The SMILES string of the molecule is CN(C)c1ccc(C(=O)NCCc2ccc3c(c2)OCCCO3)cc1. The lowest BCUT2D eigenvalue weighted by atomic mass is 10.1. The van der Waals surface area contributed by atoms with Gasteiger partial charge in [-0.05, 0) is 48.4 Å². The van der Waals surface area contributed by atoms with Crippen LogP contribution in [0, 0.1) is 0 Å². The Morgan fingerprint density at radius 3 is 2.48 bits per heavy atom. The number of nitrogens with one attached hydrogen (secondary N) is 1. The summed E-state index contributed by atoms with van der Waals surface area (Å²) in [5, 5.41) is 2.96. The minimum absolute atomic E-state index is 0.0559. The highest BCUT2D eigenvalue weighted by Gasteiger charge is 2.11. The van der Waals surface area contributed by atoms with Crippen molar-refractivity contribution in [2.75, 3.05) is 38.8 Å². The minimum atomic E-state index is -0.0559. The number of nitrogens with zero attached hydrogens (tertiary/aromatic N) is 1. The van der Waals surface area contributed by atoms with Crippen molar-refractivity contribution in [1.82, 2.24) is 5.32 Å². The standard InChI is InChI=1S/C20H24N2O3/c1-22(2)17-7-5-16(6-8-17)20(23)21-11-10-15-4-9-18-19(14-15)25-13-3-12-24-18/h4-9,14H,3,10-13H2,1-2H3,(H,21,23). The summed E-state index contributed by atoms with van der Waals surface area (Å²) in [7, 11) is 3.95. The van der Waals surface area contributed by atoms with Crippen LogP contribution in [-0.2, 0) is 6.42 Å². The first-order chi connectivity index (χ1) is 12.1. The van der Waals surface area contributed by atoms with E-state index < -0.39 is 0 Å². The summed E-state index contributed by atoms with van der Waals surface area (Å²) in [5.41, 5.74) is 2.86. The normalized spacial score (nSPS) is 13.0. The smallest absolute Gasteiger partial charge is 0.251 e. The molecular weight excluding hydrogens is 316 g/mol. The van der Waals surface area contributed by atoms with Crippen molar-refractivity contribution in [1.29, 1.82) is 0 Å². The third-order valence-corrected chi connectivity index (χ3v) is 4.16. The van der Waals surface area contributed by atoms with Crippen molar-refractivity contribution in [3.05, 3.63) is 53.6 Å². The maximum atomic E-state index is 12.2. The number of benzene rings is 2. The molecule has 132 valence electrons. The van der Waals surface area contributed by atoms with Crippen molar-refractivity contribution in [3.8, 4) is 11.5 Å². The van der Waals surface area contributed by atoms with Crippen molar-refractivity contribution < 1.29 is 14.3 Å². The highest BCUT2D eigenvalue weighted by Crippen LogP contribution is 2.30. The van der Waals surface area contributed by atoms with Crippen LogP contribution in [0.2, 0.25) is 0 Å². The zero-order valence-corrected chi connectivity index (χ0v) is 14.7. The van der Waals surface area contributed by atoms with Gasteiger partial charge >= 0.3 is 0 Å². The molecule has 0 saturated heterocycles. The van der Waals surface area contributed by atoms with Gasteiger partial charge in [0.1, 0.15) is 0 Å². The number of hydrogen-bond donors (Lipinski definition) is 1. The quantitative estimate of drug-likeness (QED) is 0.909. The van der Waals surface area contributed by atoms with E-state index in [1.54, 1.807) is 0 Å². The van der Waals surface area contributed by atoms with Gasteiger partial charge in [0, 0.05) is 38.3 Å². The molecule has 2 aromatic carbocycles. The van der Waals surface area contributed by atoms with Crippen LogP contribution < -0.4 is 19.7 Å². The van der Waals surface area contributed by atoms with E-state index in [-0.39, 0.29) is 5.91 Å². The Kier molecular flexibility index (Phi) is 5.43. The molecule has 25 heavy (non-hydrogen) atoms. The monoisotopic (exact) mass is 340 g/mol. The molecule has 0 radical (unpaired) electrons. The van der Waals surface area contributed by atoms with Gasteiger partial charge < -0.3 is 19.7 Å². The van der Waals surface area contributed by atoms with Gasteiger partial charge in [-0.25, -0.2) is 0 Å². The zero-order chi connectivity index (χ0) is 17.6. The number of rotatable bonds is 5. The average Bonchev–Trinajstić information content (AvgIpc) is 2.86. The van der Waals surface area contributed by atoms with Gasteiger partial charge in [0.2, 0.25) is 0 Å². The number of hydrogen-bond acceptors (Lipinski definition) is 4. The molecule has 0 bridgehead atoms. The Balaban J connectivity index is 1.54. The molecule has 0 saturated carbocycles. The number of fused-ring (bicyclic) bond motifs is 1. The van der Waals surface area contributed by atoms with E-state index in [0.29, 0.717) is 25.3 Å².